The van der Waals surface area contributed by atoms with Gasteiger partial charge in [-0.25, -0.2) is 0 Å². The minimum absolute atomic E-state index is 0.0205. The molecule has 3 rings (SSSR count). The van der Waals surface area contributed by atoms with E-state index in [4.69, 9.17) is 0 Å². The average Bonchev–Trinajstić information content (AvgIpc) is 3.17. The molecule has 5 heteroatoms. The molecular formula is C21H25N3O2. The molecule has 1 aliphatic rings. The number of nitrogens with zero attached hydrogens (tertiary/aromatic N) is 2. The van der Waals surface area contributed by atoms with E-state index in [1.165, 1.54) is 25.5 Å². The van der Waals surface area contributed by atoms with Gasteiger partial charge in [-0.15, -0.1) is 0 Å². The van der Waals surface area contributed by atoms with Crippen molar-refractivity contribution in [2.24, 2.45) is 0 Å². The quantitative estimate of drug-likeness (QED) is 0.898. The Labute approximate surface area is 154 Å². The van der Waals surface area contributed by atoms with Gasteiger partial charge >= 0.3 is 0 Å². The molecule has 0 saturated carbocycles. The third kappa shape index (κ3) is 4.42. The Kier molecular flexibility index (Phi) is 5.56. The number of hydrogen-bond donors (Lipinski definition) is 1. The predicted molar refractivity (Wildman–Crippen MR) is 106 cm³/mol. The van der Waals surface area contributed by atoms with Crippen molar-refractivity contribution in [3.8, 4) is 0 Å². The number of carbonyl (C=O) groups excluding carboxylic acids is 2. The smallest absolute Gasteiger partial charge is 0.228 e. The van der Waals surface area contributed by atoms with Crippen LogP contribution in [-0.2, 0) is 16.0 Å². The lowest BCUT2D eigenvalue weighted by Crippen LogP contribution is -2.22. The van der Waals surface area contributed by atoms with Gasteiger partial charge < -0.3 is 15.1 Å². The lowest BCUT2D eigenvalue weighted by molar-refractivity contribution is -0.116. The fourth-order valence-corrected chi connectivity index (χ4v) is 3.14. The molecule has 0 aromatic heterocycles. The highest BCUT2D eigenvalue weighted by atomic mass is 16.2. The van der Waals surface area contributed by atoms with E-state index in [-0.39, 0.29) is 11.8 Å². The monoisotopic (exact) mass is 351 g/mol. The second-order valence-electron chi connectivity index (χ2n) is 6.71. The Balaban J connectivity index is 1.55. The molecule has 2 aromatic carbocycles. The molecule has 0 unspecified atom stereocenters. The Morgan fingerprint density at radius 1 is 1.00 bits per heavy atom. The summed E-state index contributed by atoms with van der Waals surface area (Å²) in [6.45, 7) is 3.75. The van der Waals surface area contributed by atoms with Gasteiger partial charge in [0.2, 0.25) is 11.8 Å². The van der Waals surface area contributed by atoms with Crippen LogP contribution in [0.25, 0.3) is 0 Å². The van der Waals surface area contributed by atoms with Gasteiger partial charge in [-0.3, -0.25) is 9.59 Å². The molecule has 1 saturated heterocycles. The molecule has 0 aliphatic carbocycles. The van der Waals surface area contributed by atoms with Gasteiger partial charge in [0.1, 0.15) is 0 Å². The van der Waals surface area contributed by atoms with Crippen LogP contribution in [0.15, 0.2) is 48.5 Å². The van der Waals surface area contributed by atoms with Gasteiger partial charge in [-0.05, 0) is 54.8 Å². The van der Waals surface area contributed by atoms with Crippen molar-refractivity contribution in [3.63, 3.8) is 0 Å². The highest BCUT2D eigenvalue weighted by Gasteiger charge is 2.12. The van der Waals surface area contributed by atoms with Crippen LogP contribution in [0.5, 0.6) is 0 Å². The summed E-state index contributed by atoms with van der Waals surface area (Å²) in [5.74, 6) is -0.0699. The maximum atomic E-state index is 12.3. The van der Waals surface area contributed by atoms with Crippen molar-refractivity contribution in [1.82, 2.24) is 0 Å². The number of anilines is 3. The van der Waals surface area contributed by atoms with E-state index in [0.29, 0.717) is 6.42 Å². The first-order valence-corrected chi connectivity index (χ1v) is 9.01. The summed E-state index contributed by atoms with van der Waals surface area (Å²) in [5, 5.41) is 2.94. The Morgan fingerprint density at radius 2 is 1.62 bits per heavy atom. The fourth-order valence-electron chi connectivity index (χ4n) is 3.14. The van der Waals surface area contributed by atoms with E-state index < -0.39 is 0 Å². The van der Waals surface area contributed by atoms with Crippen molar-refractivity contribution >= 4 is 28.9 Å². The molecule has 1 heterocycles. The van der Waals surface area contributed by atoms with Gasteiger partial charge in [-0.2, -0.15) is 0 Å². The van der Waals surface area contributed by atoms with E-state index in [2.05, 4.69) is 22.3 Å². The minimum atomic E-state index is -0.0494. The molecule has 2 aromatic rings. The number of benzene rings is 2. The summed E-state index contributed by atoms with van der Waals surface area (Å²) < 4.78 is 0. The van der Waals surface area contributed by atoms with Crippen LogP contribution in [0.4, 0.5) is 17.1 Å². The highest BCUT2D eigenvalue weighted by Crippen LogP contribution is 2.22. The number of rotatable bonds is 5. The Hall–Kier alpha value is -2.82. The molecule has 1 fully saturated rings. The summed E-state index contributed by atoms with van der Waals surface area (Å²) in [6, 6.07) is 15.5. The molecule has 2 amide bonds. The van der Waals surface area contributed by atoms with Crippen molar-refractivity contribution in [1.29, 1.82) is 0 Å². The Bertz CT molecular complexity index is 763. The van der Waals surface area contributed by atoms with Crippen LogP contribution in [0, 0.1) is 0 Å². The lowest BCUT2D eigenvalue weighted by atomic mass is 10.1. The van der Waals surface area contributed by atoms with E-state index in [1.807, 2.05) is 36.4 Å². The summed E-state index contributed by atoms with van der Waals surface area (Å²) in [5.41, 5.74) is 3.76. The summed E-state index contributed by atoms with van der Waals surface area (Å²) in [4.78, 5) is 27.6. The van der Waals surface area contributed by atoms with Crippen molar-refractivity contribution in [2.75, 3.05) is 35.3 Å². The van der Waals surface area contributed by atoms with E-state index in [0.717, 1.165) is 30.0 Å². The Morgan fingerprint density at radius 3 is 2.19 bits per heavy atom. The average molecular weight is 351 g/mol. The van der Waals surface area contributed by atoms with E-state index in [1.54, 1.807) is 11.9 Å². The van der Waals surface area contributed by atoms with E-state index >= 15 is 0 Å². The molecule has 0 bridgehead atoms. The summed E-state index contributed by atoms with van der Waals surface area (Å²) >= 11 is 0. The molecule has 26 heavy (non-hydrogen) atoms. The molecular weight excluding hydrogens is 326 g/mol. The van der Waals surface area contributed by atoms with Gasteiger partial charge in [-0.1, -0.05) is 12.1 Å². The highest BCUT2D eigenvalue weighted by molar-refractivity contribution is 5.93. The third-order valence-electron chi connectivity index (χ3n) is 4.78. The molecule has 0 spiro atoms. The van der Waals surface area contributed by atoms with Gasteiger partial charge in [0, 0.05) is 44.1 Å². The van der Waals surface area contributed by atoms with E-state index in [9.17, 15) is 9.59 Å². The topological polar surface area (TPSA) is 52.7 Å². The zero-order valence-electron chi connectivity index (χ0n) is 15.4. The SMILES string of the molecule is CC(=O)N(C)c1ccc(CC(=O)Nc2ccc(N3CCCC3)cc2)cc1. The number of amides is 2. The van der Waals surface area contributed by atoms with Crippen LogP contribution in [0.3, 0.4) is 0 Å². The van der Waals surface area contributed by atoms with Crippen LogP contribution in [-0.4, -0.2) is 32.0 Å². The molecule has 1 aliphatic heterocycles. The molecule has 136 valence electrons. The standard InChI is InChI=1S/C21H25N3O2/c1-16(25)23(2)19-9-5-17(6-10-19)15-21(26)22-18-7-11-20(12-8-18)24-13-3-4-14-24/h5-12H,3-4,13-15H2,1-2H3,(H,22,26). The predicted octanol–water partition coefficient (Wildman–Crippen LogP) is 3.45. The van der Waals surface area contributed by atoms with Gasteiger partial charge in [0.05, 0.1) is 6.42 Å². The van der Waals surface area contributed by atoms with Gasteiger partial charge in [0.25, 0.3) is 0 Å². The fraction of sp³-hybridized carbons (Fsp3) is 0.333. The number of hydrogen-bond acceptors (Lipinski definition) is 3. The first-order chi connectivity index (χ1) is 12.5. The van der Waals surface area contributed by atoms with Gasteiger partial charge in [0.15, 0.2) is 0 Å². The third-order valence-corrected chi connectivity index (χ3v) is 4.78. The van der Waals surface area contributed by atoms with Crippen LogP contribution in [0.1, 0.15) is 25.3 Å². The molecule has 5 nitrogen and oxygen atoms in total. The maximum Gasteiger partial charge on any atom is 0.228 e. The molecule has 1 N–H and O–H groups in total. The largest absolute Gasteiger partial charge is 0.372 e. The van der Waals surface area contributed by atoms with Crippen molar-refractivity contribution < 1.29 is 9.59 Å². The first-order valence-electron chi connectivity index (χ1n) is 9.01. The number of carbonyl (C=O) groups is 2. The first kappa shape index (κ1) is 18.0. The summed E-state index contributed by atoms with van der Waals surface area (Å²) in [6.07, 6.45) is 2.80. The zero-order valence-corrected chi connectivity index (χ0v) is 15.4. The number of nitrogens with one attached hydrogen (secondary N) is 1. The lowest BCUT2D eigenvalue weighted by Gasteiger charge is -2.18. The normalized spacial score (nSPS) is 13.5. The minimum Gasteiger partial charge on any atom is -0.372 e. The molecule has 0 atom stereocenters. The van der Waals surface area contributed by atoms with Crippen molar-refractivity contribution in [3.05, 3.63) is 54.1 Å². The maximum absolute atomic E-state index is 12.3. The van der Waals surface area contributed by atoms with Crippen LogP contribution < -0.4 is 15.1 Å². The second-order valence-corrected chi connectivity index (χ2v) is 6.71. The van der Waals surface area contributed by atoms with Crippen LogP contribution >= 0.6 is 0 Å². The summed E-state index contributed by atoms with van der Waals surface area (Å²) in [7, 11) is 1.73. The van der Waals surface area contributed by atoms with Crippen molar-refractivity contribution in [2.45, 2.75) is 26.2 Å². The molecule has 0 radical (unpaired) electrons. The van der Waals surface area contributed by atoms with Crippen LogP contribution in [0.2, 0.25) is 0 Å². The zero-order chi connectivity index (χ0) is 18.5. The second kappa shape index (κ2) is 8.04.